The summed E-state index contributed by atoms with van der Waals surface area (Å²) in [6, 6.07) is 40.2. The van der Waals surface area contributed by atoms with Gasteiger partial charge in [-0.2, -0.15) is 56.4 Å². The molecule has 16 heteroatoms. The number of hydrogen-bond donors (Lipinski definition) is 0. The Morgan fingerprint density at radius 3 is 0.519 bits per heavy atom. The molecular weight excluding hydrogens is 831 g/mol. The molecule has 0 saturated carbocycles. The van der Waals surface area contributed by atoms with Crippen LogP contribution in [0.5, 0.6) is 0 Å². The molecule has 52 heavy (non-hydrogen) atoms. The van der Waals surface area contributed by atoms with Gasteiger partial charge in [0.25, 0.3) is 0 Å². The van der Waals surface area contributed by atoms with Gasteiger partial charge in [-0.05, 0) is 0 Å². The van der Waals surface area contributed by atoms with Gasteiger partial charge in [0.05, 0.1) is 0 Å². The molecule has 0 fully saturated rings. The van der Waals surface area contributed by atoms with Gasteiger partial charge in [0.1, 0.15) is 0 Å². The fourth-order valence-electron chi connectivity index (χ4n) is 4.16. The molecule has 0 heterocycles. The van der Waals surface area contributed by atoms with Gasteiger partial charge in [-0.1, -0.05) is 144 Å². The maximum absolute atomic E-state index is 6.75. The Bertz CT molecular complexity index is 1150. The number of nitrogens with zero attached hydrogens (tertiary/aromatic N) is 14. The Kier molecular flexibility index (Phi) is 42.7. The molecule has 0 saturated heterocycles. The van der Waals surface area contributed by atoms with Crippen molar-refractivity contribution in [2.24, 2.45) is 0 Å². The maximum atomic E-state index is 6.75. The fourth-order valence-corrected chi connectivity index (χ4v) is 4.16. The monoisotopic (exact) mass is 880 g/mol. The molecule has 0 aliphatic heterocycles. The first-order chi connectivity index (χ1) is 24.4. The van der Waals surface area contributed by atoms with Crippen LogP contribution in [0.1, 0.15) is 46.9 Å². The summed E-state index contributed by atoms with van der Waals surface area (Å²) in [4.78, 5) is 3.00. The van der Waals surface area contributed by atoms with E-state index in [2.05, 4.69) is 42.5 Å². The van der Waals surface area contributed by atoms with Crippen LogP contribution in [0.4, 0.5) is 0 Å². The zero-order valence-electron chi connectivity index (χ0n) is 30.8. The molecule has 0 unspecified atom stereocenters. The van der Waals surface area contributed by atoms with Gasteiger partial charge in [0.15, 0.2) is 0 Å². The predicted molar refractivity (Wildman–Crippen MR) is 211 cm³/mol. The van der Waals surface area contributed by atoms with E-state index in [0.29, 0.717) is 0 Å². The minimum atomic E-state index is 0. The Morgan fingerprint density at radius 2 is 0.423 bits per heavy atom. The topological polar surface area (TPSA) is 230 Å². The van der Waals surface area contributed by atoms with Crippen LogP contribution in [-0.2, 0) is 39.0 Å². The number of benzene rings is 4. The summed E-state index contributed by atoms with van der Waals surface area (Å²) < 4.78 is 0. The molecule has 0 atom stereocenters. The van der Waals surface area contributed by atoms with Crippen molar-refractivity contribution in [3.05, 3.63) is 218 Å². The van der Waals surface area contributed by atoms with Crippen LogP contribution in [0.15, 0.2) is 121 Å². The van der Waals surface area contributed by atoms with E-state index in [1.807, 2.05) is 121 Å². The van der Waals surface area contributed by atoms with Crippen LogP contribution in [0.3, 0.4) is 0 Å². The Labute approximate surface area is 336 Å². The van der Waals surface area contributed by atoms with Gasteiger partial charge in [0.2, 0.25) is 0 Å². The van der Waals surface area contributed by atoms with Crippen molar-refractivity contribution in [1.82, 2.24) is 0 Å². The molecule has 4 aromatic rings. The van der Waals surface area contributed by atoms with E-state index in [-0.39, 0.29) is 63.6 Å². The van der Waals surface area contributed by atoms with Crippen LogP contribution < -0.4 is 0 Å². The van der Waals surface area contributed by atoms with Crippen LogP contribution in [0, 0.1) is 0 Å². The standard InChI is InChI=1S/4C9H12N2.2N3.2Ru/c4*1-10-9(11-2)8-6-4-3-5-7-8;2*1-3-2;;/h4*3-7,9H,1-2H3;;;;/q4*-2;2*-1;2*+5. The third kappa shape index (κ3) is 26.2. The van der Waals surface area contributed by atoms with E-state index in [1.165, 1.54) is 9.82 Å². The molecule has 2 radical (unpaired) electrons. The smallest absolute Gasteiger partial charge is 0.677 e. The first kappa shape index (κ1) is 55.2. The zero-order chi connectivity index (χ0) is 37.8. The van der Waals surface area contributed by atoms with E-state index in [9.17, 15) is 0 Å². The molecule has 0 bridgehead atoms. The average Bonchev–Trinajstić information content (AvgIpc) is 3.17. The molecule has 14 nitrogen and oxygen atoms in total. The zero-order valence-corrected chi connectivity index (χ0v) is 34.3. The summed E-state index contributed by atoms with van der Waals surface area (Å²) in [5, 5.41) is 32.9. The van der Waals surface area contributed by atoms with Gasteiger partial charge >= 0.3 is 39.0 Å². The Morgan fingerprint density at radius 1 is 0.308 bits per heavy atom. The van der Waals surface area contributed by atoms with Crippen LogP contribution in [-0.4, -0.2) is 56.4 Å². The number of hydrogen-bond acceptors (Lipinski definition) is 0. The van der Waals surface area contributed by atoms with Gasteiger partial charge in [-0.25, -0.2) is 24.7 Å². The minimum absolute atomic E-state index is 0. The molecule has 278 valence electrons. The predicted octanol–water partition coefficient (Wildman–Crippen LogP) is 12.5. The summed E-state index contributed by atoms with van der Waals surface area (Å²) in [5.74, 6) is 0. The second kappa shape index (κ2) is 40.2. The quantitative estimate of drug-likeness (QED) is 0.0559. The van der Waals surface area contributed by atoms with Gasteiger partial charge in [-0.3, -0.25) is 9.82 Å². The molecule has 0 spiro atoms. The fraction of sp³-hybridized carbons (Fsp3) is 0.333. The molecule has 0 aliphatic rings. The maximum Gasteiger partial charge on any atom is 5.00 e. The third-order valence-corrected chi connectivity index (χ3v) is 6.35. The van der Waals surface area contributed by atoms with Crippen molar-refractivity contribution in [3.63, 3.8) is 0 Å². The normalized spacial score (nSPS) is 9.15. The van der Waals surface area contributed by atoms with E-state index in [0.717, 1.165) is 22.3 Å². The molecule has 0 aromatic heterocycles. The van der Waals surface area contributed by atoms with E-state index >= 15 is 0 Å². The summed E-state index contributed by atoms with van der Waals surface area (Å²) in [6.07, 6.45) is 0.0415. The Hall–Kier alpha value is -3.57. The second-order valence-corrected chi connectivity index (χ2v) is 9.38. The van der Waals surface area contributed by atoms with Crippen molar-refractivity contribution < 1.29 is 39.0 Å². The van der Waals surface area contributed by atoms with Gasteiger partial charge < -0.3 is 64.7 Å². The van der Waals surface area contributed by atoms with E-state index in [4.69, 9.17) is 22.1 Å². The summed E-state index contributed by atoms with van der Waals surface area (Å²) in [7, 11) is 14.3. The summed E-state index contributed by atoms with van der Waals surface area (Å²) in [5.41, 5.74) is 31.6. The van der Waals surface area contributed by atoms with Gasteiger partial charge in [0, 0.05) is 0 Å². The van der Waals surface area contributed by atoms with Crippen LogP contribution in [0.2, 0.25) is 0 Å². The van der Waals surface area contributed by atoms with Crippen molar-refractivity contribution in [3.8, 4) is 0 Å². The second-order valence-electron chi connectivity index (χ2n) is 9.38. The van der Waals surface area contributed by atoms with Crippen molar-refractivity contribution >= 4 is 0 Å². The van der Waals surface area contributed by atoms with Crippen molar-refractivity contribution in [2.75, 3.05) is 56.4 Å². The van der Waals surface area contributed by atoms with E-state index in [1.54, 1.807) is 56.4 Å². The Balaban J connectivity index is -0.000000277. The van der Waals surface area contributed by atoms with Crippen molar-refractivity contribution in [1.29, 1.82) is 0 Å². The largest absolute Gasteiger partial charge is 5.00 e. The van der Waals surface area contributed by atoms with E-state index < -0.39 is 0 Å². The van der Waals surface area contributed by atoms with Crippen LogP contribution >= 0.6 is 0 Å². The summed E-state index contributed by atoms with van der Waals surface area (Å²) >= 11 is 0. The van der Waals surface area contributed by atoms with Crippen molar-refractivity contribution in [2.45, 2.75) is 24.7 Å². The van der Waals surface area contributed by atoms with Crippen LogP contribution in [0.25, 0.3) is 74.5 Å². The summed E-state index contributed by atoms with van der Waals surface area (Å²) in [6.45, 7) is 0. The molecular formula is C36H48N14Ru2. The molecule has 4 aromatic carbocycles. The molecule has 0 N–H and O–H groups in total. The first-order valence-corrected chi connectivity index (χ1v) is 15.2. The first-order valence-electron chi connectivity index (χ1n) is 15.2. The molecule has 0 amide bonds. The van der Waals surface area contributed by atoms with Gasteiger partial charge in [-0.15, -0.1) is 0 Å². The number of rotatable bonds is 12. The third-order valence-electron chi connectivity index (χ3n) is 6.35. The SMILES string of the molecule is C[N-]C([N-]C)c1ccccc1.C[N-]C([N-]C)c1ccccc1.C[N-]C([N-]C)c1ccccc1.C[N-]C([N-]C)c1ccccc1.[N-]=[N+]=[N-].[N-]=[N+]=[N-].[Ru+5].[Ru+5]. The molecule has 0 aliphatic carbocycles. The molecule has 4 rings (SSSR count). The average molecular weight is 879 g/mol. The minimum Gasteiger partial charge on any atom is -0.677 e.